The van der Waals surface area contributed by atoms with Gasteiger partial charge in [0.25, 0.3) is 0 Å². The monoisotopic (exact) mass is 414 g/mol. The van der Waals surface area contributed by atoms with E-state index in [2.05, 4.69) is 28.6 Å². The normalized spacial score (nSPS) is 17.6. The molecule has 0 fully saturated rings. The van der Waals surface area contributed by atoms with Gasteiger partial charge in [0.15, 0.2) is 0 Å². The molecule has 31 heavy (non-hydrogen) atoms. The van der Waals surface area contributed by atoms with Crippen molar-refractivity contribution in [2.75, 3.05) is 5.23 Å². The minimum Gasteiger partial charge on any atom is -0.733 e. The molecule has 2 aromatic carbocycles. The van der Waals surface area contributed by atoms with E-state index in [1.54, 1.807) is 28.9 Å². The first kappa shape index (κ1) is 20.8. The SMILES string of the molecule is Cc1nn(-c2ccccc2N([O-])O)c(C)c1C1C=CC(NCc2cccc(C#N)c2)C1. The maximum absolute atomic E-state index is 11.6. The number of nitrogens with zero attached hydrogens (tertiary/aromatic N) is 4. The highest BCUT2D eigenvalue weighted by Gasteiger charge is 2.26. The molecule has 3 aromatic rings. The lowest BCUT2D eigenvalue weighted by molar-refractivity contribution is 0.296. The van der Waals surface area contributed by atoms with Gasteiger partial charge in [0, 0.05) is 29.8 Å². The third-order valence-electron chi connectivity index (χ3n) is 5.74. The molecule has 2 atom stereocenters. The lowest BCUT2D eigenvalue weighted by atomic mass is 9.96. The van der Waals surface area contributed by atoms with Crippen LogP contribution in [-0.4, -0.2) is 21.0 Å². The average molecular weight is 414 g/mol. The summed E-state index contributed by atoms with van der Waals surface area (Å²) < 4.78 is 1.73. The number of para-hydroxylation sites is 2. The van der Waals surface area contributed by atoms with Crippen LogP contribution in [0.2, 0.25) is 0 Å². The van der Waals surface area contributed by atoms with Gasteiger partial charge in [-0.2, -0.15) is 10.4 Å². The number of benzene rings is 2. The van der Waals surface area contributed by atoms with Crippen molar-refractivity contribution < 1.29 is 5.21 Å². The van der Waals surface area contributed by atoms with E-state index >= 15 is 0 Å². The number of anilines is 1. The summed E-state index contributed by atoms with van der Waals surface area (Å²) in [5.74, 6) is 0.210. The van der Waals surface area contributed by atoms with Crippen molar-refractivity contribution in [2.24, 2.45) is 0 Å². The Kier molecular flexibility index (Phi) is 5.87. The van der Waals surface area contributed by atoms with Gasteiger partial charge in [-0.3, -0.25) is 5.21 Å². The largest absolute Gasteiger partial charge is 0.733 e. The number of allylic oxidation sites excluding steroid dienone is 1. The molecule has 1 aromatic heterocycles. The third-order valence-corrected chi connectivity index (χ3v) is 5.74. The van der Waals surface area contributed by atoms with Crippen molar-refractivity contribution in [1.29, 1.82) is 5.26 Å². The first-order valence-electron chi connectivity index (χ1n) is 10.2. The second-order valence-corrected chi connectivity index (χ2v) is 7.78. The Morgan fingerprint density at radius 2 is 2.03 bits per heavy atom. The van der Waals surface area contributed by atoms with Crippen molar-refractivity contribution >= 4 is 5.69 Å². The maximum Gasteiger partial charge on any atom is 0.0991 e. The molecule has 0 saturated carbocycles. The lowest BCUT2D eigenvalue weighted by Gasteiger charge is -2.24. The van der Waals surface area contributed by atoms with E-state index in [1.165, 1.54) is 0 Å². The van der Waals surface area contributed by atoms with Gasteiger partial charge in [-0.1, -0.05) is 36.4 Å². The molecule has 4 rings (SSSR count). The first-order valence-corrected chi connectivity index (χ1v) is 10.2. The Labute approximate surface area is 181 Å². The zero-order valence-electron chi connectivity index (χ0n) is 17.5. The van der Waals surface area contributed by atoms with Crippen LogP contribution in [0.1, 0.15) is 40.4 Å². The van der Waals surface area contributed by atoms with Crippen LogP contribution in [0.25, 0.3) is 5.69 Å². The van der Waals surface area contributed by atoms with Crippen LogP contribution >= 0.6 is 0 Å². The molecule has 0 radical (unpaired) electrons. The number of hydrogen-bond donors (Lipinski definition) is 2. The number of rotatable bonds is 6. The van der Waals surface area contributed by atoms with E-state index in [9.17, 15) is 10.4 Å². The van der Waals surface area contributed by atoms with Gasteiger partial charge in [0.1, 0.15) is 0 Å². The predicted molar refractivity (Wildman–Crippen MR) is 119 cm³/mol. The zero-order chi connectivity index (χ0) is 22.0. The second-order valence-electron chi connectivity index (χ2n) is 7.78. The van der Waals surface area contributed by atoms with E-state index in [0.29, 0.717) is 17.8 Å². The van der Waals surface area contributed by atoms with E-state index in [0.717, 1.165) is 28.9 Å². The van der Waals surface area contributed by atoms with Gasteiger partial charge in [-0.25, -0.2) is 4.68 Å². The molecule has 2 N–H and O–H groups in total. The minimum atomic E-state index is -0.123. The molecule has 1 aliphatic carbocycles. The van der Waals surface area contributed by atoms with Crippen molar-refractivity contribution in [3.8, 4) is 11.8 Å². The third kappa shape index (κ3) is 4.23. The summed E-state index contributed by atoms with van der Waals surface area (Å²) in [7, 11) is 0. The van der Waals surface area contributed by atoms with Crippen LogP contribution in [0.5, 0.6) is 0 Å². The Morgan fingerprint density at radius 3 is 2.81 bits per heavy atom. The van der Waals surface area contributed by atoms with Gasteiger partial charge in [0.05, 0.1) is 28.7 Å². The number of aromatic nitrogens is 2. The second kappa shape index (κ2) is 8.74. The number of hydrogen-bond acceptors (Lipinski definition) is 6. The van der Waals surface area contributed by atoms with Crippen LogP contribution < -0.4 is 10.5 Å². The fraction of sp³-hybridized carbons (Fsp3) is 0.250. The molecule has 0 bridgehead atoms. The standard InChI is InChI=1S/C24H24N5O2/c1-16-24(17(2)28(27-16)22-8-3-4-9-23(22)29(30)31)20-10-11-21(13-20)26-15-19-7-5-6-18(12-19)14-25/h3-12,20-21,26,30H,13,15H2,1-2H3/q-1. The van der Waals surface area contributed by atoms with E-state index < -0.39 is 0 Å². The summed E-state index contributed by atoms with van der Waals surface area (Å²) in [6, 6.07) is 16.9. The Morgan fingerprint density at radius 1 is 1.23 bits per heavy atom. The summed E-state index contributed by atoms with van der Waals surface area (Å²) in [5.41, 5.74) is 5.43. The molecular formula is C24H24N5O2-. The average Bonchev–Trinajstić information content (AvgIpc) is 3.35. The summed E-state index contributed by atoms with van der Waals surface area (Å²) in [6.45, 7) is 4.65. The van der Waals surface area contributed by atoms with Crippen LogP contribution in [0.3, 0.4) is 0 Å². The fourth-order valence-electron chi connectivity index (χ4n) is 4.30. The van der Waals surface area contributed by atoms with Crippen LogP contribution in [0.15, 0.2) is 60.7 Å². The van der Waals surface area contributed by atoms with Crippen LogP contribution in [0, 0.1) is 30.4 Å². The Bertz CT molecular complexity index is 1160. The molecule has 1 aliphatic rings. The van der Waals surface area contributed by atoms with E-state index in [-0.39, 0.29) is 22.9 Å². The van der Waals surface area contributed by atoms with Gasteiger partial charge < -0.3 is 15.8 Å². The Balaban J connectivity index is 1.50. The fourth-order valence-corrected chi connectivity index (χ4v) is 4.30. The molecule has 0 aliphatic heterocycles. The molecule has 1 heterocycles. The number of nitriles is 1. The molecule has 0 spiro atoms. The summed E-state index contributed by atoms with van der Waals surface area (Å²) in [5, 5.41) is 38.2. The molecule has 7 nitrogen and oxygen atoms in total. The highest BCUT2D eigenvalue weighted by atomic mass is 16.8. The van der Waals surface area contributed by atoms with Gasteiger partial charge in [-0.15, -0.1) is 0 Å². The number of nitrogens with one attached hydrogen (secondary N) is 1. The topological polar surface area (TPSA) is 100 Å². The maximum atomic E-state index is 11.6. The lowest BCUT2D eigenvalue weighted by Crippen LogP contribution is -2.25. The predicted octanol–water partition coefficient (Wildman–Crippen LogP) is 4.26. The van der Waals surface area contributed by atoms with Gasteiger partial charge in [0.2, 0.25) is 0 Å². The summed E-state index contributed by atoms with van der Waals surface area (Å²) >= 11 is 0. The molecule has 158 valence electrons. The van der Waals surface area contributed by atoms with Crippen molar-refractivity contribution in [3.05, 3.63) is 94.0 Å². The highest BCUT2D eigenvalue weighted by Crippen LogP contribution is 2.35. The quantitative estimate of drug-likeness (QED) is 0.462. The van der Waals surface area contributed by atoms with E-state index in [4.69, 9.17) is 5.26 Å². The number of aryl methyl sites for hydroxylation is 1. The van der Waals surface area contributed by atoms with Crippen molar-refractivity contribution in [1.82, 2.24) is 15.1 Å². The first-order chi connectivity index (χ1) is 15.0. The van der Waals surface area contributed by atoms with Gasteiger partial charge in [-0.05, 0) is 50.1 Å². The van der Waals surface area contributed by atoms with Crippen LogP contribution in [0.4, 0.5) is 5.69 Å². The molecule has 7 heteroatoms. The van der Waals surface area contributed by atoms with E-state index in [1.807, 2.05) is 38.1 Å². The van der Waals surface area contributed by atoms with Crippen molar-refractivity contribution in [3.63, 3.8) is 0 Å². The molecular weight excluding hydrogens is 390 g/mol. The summed E-state index contributed by atoms with van der Waals surface area (Å²) in [4.78, 5) is 0. The summed E-state index contributed by atoms with van der Waals surface area (Å²) in [6.07, 6.45) is 5.28. The minimum absolute atomic E-state index is 0.123. The highest BCUT2D eigenvalue weighted by molar-refractivity contribution is 5.62. The molecule has 2 unspecified atom stereocenters. The molecule has 0 saturated heterocycles. The molecule has 0 amide bonds. The Hall–Kier alpha value is -3.44. The van der Waals surface area contributed by atoms with Gasteiger partial charge >= 0.3 is 0 Å². The zero-order valence-corrected chi connectivity index (χ0v) is 17.5. The van der Waals surface area contributed by atoms with Crippen molar-refractivity contribution in [2.45, 2.75) is 38.8 Å². The van der Waals surface area contributed by atoms with Crippen LogP contribution in [-0.2, 0) is 6.54 Å². The smallest absolute Gasteiger partial charge is 0.0991 e.